The molecule has 4 aromatic rings. The van der Waals surface area contributed by atoms with E-state index in [0.717, 1.165) is 41.5 Å². The van der Waals surface area contributed by atoms with Crippen molar-refractivity contribution < 1.29 is 18.3 Å². The Morgan fingerprint density at radius 3 is 2.91 bits per heavy atom. The number of anilines is 2. The van der Waals surface area contributed by atoms with Crippen LogP contribution in [0.25, 0.3) is 16.9 Å². The number of aryl methyl sites for hydroxylation is 1. The zero-order chi connectivity index (χ0) is 23.2. The molecule has 0 aromatic carbocycles. The van der Waals surface area contributed by atoms with Crippen molar-refractivity contribution in [3.05, 3.63) is 47.0 Å². The highest BCUT2D eigenvalue weighted by Gasteiger charge is 2.37. The molecule has 12 heteroatoms. The first-order chi connectivity index (χ1) is 15.8. The maximum atomic E-state index is 13.8. The van der Waals surface area contributed by atoms with Gasteiger partial charge in [-0.15, -0.1) is 11.3 Å². The molecule has 5 rings (SSSR count). The van der Waals surface area contributed by atoms with Gasteiger partial charge in [0.05, 0.1) is 41.0 Å². The molecule has 1 fully saturated rings. The molecular weight excluding hydrogens is 455 g/mol. The van der Waals surface area contributed by atoms with Crippen LogP contribution < -0.4 is 5.32 Å². The summed E-state index contributed by atoms with van der Waals surface area (Å²) in [5.41, 5.74) is 2.15. The van der Waals surface area contributed by atoms with Gasteiger partial charge in [0.2, 0.25) is 0 Å². The molecule has 0 bridgehead atoms. The fraction of sp³-hybridized carbons (Fsp3) is 0.381. The predicted octanol–water partition coefficient (Wildman–Crippen LogP) is 4.21. The van der Waals surface area contributed by atoms with Gasteiger partial charge in [-0.2, -0.15) is 18.3 Å². The number of alkyl halides is 3. The molecule has 3 N–H and O–H groups in total. The summed E-state index contributed by atoms with van der Waals surface area (Å²) in [5, 5.41) is 19.7. The van der Waals surface area contributed by atoms with E-state index in [0.29, 0.717) is 28.7 Å². The van der Waals surface area contributed by atoms with E-state index in [1.807, 2.05) is 22.4 Å². The van der Waals surface area contributed by atoms with Crippen LogP contribution in [0.1, 0.15) is 29.0 Å². The Morgan fingerprint density at radius 1 is 1.33 bits per heavy atom. The Hall–Kier alpha value is -2.96. The molecule has 4 aromatic heterocycles. The number of aromatic amines is 1. The van der Waals surface area contributed by atoms with Crippen LogP contribution >= 0.6 is 11.3 Å². The van der Waals surface area contributed by atoms with Crippen molar-refractivity contribution in [3.8, 4) is 11.3 Å². The number of imidazole rings is 1. The SMILES string of the molecule is Cc1cn2c(-c3cn[nH]c3)cnc2c(Nc2cc(C(F)(F)F)c(CN3CCCC3CO)s2)n1. The van der Waals surface area contributed by atoms with Crippen LogP contribution in [0, 0.1) is 6.92 Å². The first-order valence-electron chi connectivity index (χ1n) is 10.5. The number of thiophene rings is 1. The molecule has 5 heterocycles. The number of halogens is 3. The molecule has 174 valence electrons. The number of H-pyrrole nitrogens is 1. The number of aliphatic hydroxyl groups is 1. The summed E-state index contributed by atoms with van der Waals surface area (Å²) in [6.07, 6.45) is 4.09. The van der Waals surface area contributed by atoms with Crippen molar-refractivity contribution >= 4 is 27.8 Å². The lowest BCUT2D eigenvalue weighted by molar-refractivity contribution is -0.138. The first kappa shape index (κ1) is 21.9. The van der Waals surface area contributed by atoms with Gasteiger partial charge in [-0.05, 0) is 32.4 Å². The molecule has 33 heavy (non-hydrogen) atoms. The van der Waals surface area contributed by atoms with Crippen LogP contribution in [0.15, 0.2) is 30.9 Å². The van der Waals surface area contributed by atoms with Crippen LogP contribution in [0.4, 0.5) is 24.0 Å². The van der Waals surface area contributed by atoms with Gasteiger partial charge in [0.25, 0.3) is 0 Å². The topological polar surface area (TPSA) is 94.4 Å². The van der Waals surface area contributed by atoms with Gasteiger partial charge in [0.1, 0.15) is 0 Å². The standard InChI is InChI=1S/C21H22F3N7OS/c1-12-9-31-16(13-6-26-27-7-13)8-25-20(31)19(28-12)29-18-5-15(21(22,23)24)17(33-18)10-30-4-2-3-14(30)11-32/h5-9,14,32H,2-4,10-11H2,1H3,(H,26,27)(H,28,29). The number of aliphatic hydroxyl groups excluding tert-OH is 1. The summed E-state index contributed by atoms with van der Waals surface area (Å²) < 4.78 is 43.2. The van der Waals surface area contributed by atoms with E-state index in [1.54, 1.807) is 18.6 Å². The van der Waals surface area contributed by atoms with Gasteiger partial charge in [-0.1, -0.05) is 0 Å². The Bertz CT molecular complexity index is 1270. The van der Waals surface area contributed by atoms with Gasteiger partial charge in [0.15, 0.2) is 11.5 Å². The predicted molar refractivity (Wildman–Crippen MR) is 118 cm³/mol. The maximum absolute atomic E-state index is 13.8. The van der Waals surface area contributed by atoms with E-state index in [-0.39, 0.29) is 24.1 Å². The van der Waals surface area contributed by atoms with Crippen molar-refractivity contribution in [2.24, 2.45) is 0 Å². The third-order valence-electron chi connectivity index (χ3n) is 5.82. The molecule has 0 saturated carbocycles. The smallest absolute Gasteiger partial charge is 0.395 e. The minimum atomic E-state index is -4.47. The second-order valence-corrected chi connectivity index (χ2v) is 9.21. The highest BCUT2D eigenvalue weighted by atomic mass is 32.1. The highest BCUT2D eigenvalue weighted by molar-refractivity contribution is 7.16. The fourth-order valence-corrected chi connectivity index (χ4v) is 5.36. The number of aromatic nitrogens is 5. The monoisotopic (exact) mass is 477 g/mol. The van der Waals surface area contributed by atoms with Crippen molar-refractivity contribution in [2.45, 2.75) is 38.5 Å². The molecule has 0 spiro atoms. The third kappa shape index (κ3) is 4.21. The van der Waals surface area contributed by atoms with Gasteiger partial charge in [-0.25, -0.2) is 9.97 Å². The van der Waals surface area contributed by atoms with E-state index in [2.05, 4.69) is 25.5 Å². The lowest BCUT2D eigenvalue weighted by atomic mass is 10.2. The number of likely N-dealkylation sites (tertiary alicyclic amines) is 1. The molecule has 0 amide bonds. The van der Waals surface area contributed by atoms with Crippen molar-refractivity contribution in [1.82, 2.24) is 29.5 Å². The summed E-state index contributed by atoms with van der Waals surface area (Å²) >= 11 is 1.05. The fourth-order valence-electron chi connectivity index (χ4n) is 4.26. The molecular formula is C21H22F3N7OS. The largest absolute Gasteiger partial charge is 0.417 e. The van der Waals surface area contributed by atoms with Gasteiger partial charge >= 0.3 is 6.18 Å². The average Bonchev–Trinajstić information content (AvgIpc) is 3.54. The Morgan fingerprint density at radius 2 is 2.18 bits per heavy atom. The van der Waals surface area contributed by atoms with Crippen LogP contribution in [-0.4, -0.2) is 53.8 Å². The lowest BCUT2D eigenvalue weighted by Gasteiger charge is -2.22. The Balaban J connectivity index is 1.50. The summed E-state index contributed by atoms with van der Waals surface area (Å²) in [5.74, 6) is 0.376. The summed E-state index contributed by atoms with van der Waals surface area (Å²) in [7, 11) is 0. The molecule has 0 radical (unpaired) electrons. The molecule has 1 aliphatic heterocycles. The number of fused-ring (bicyclic) bond motifs is 1. The van der Waals surface area contributed by atoms with Gasteiger partial charge in [-0.3, -0.25) is 14.4 Å². The van der Waals surface area contributed by atoms with Gasteiger partial charge in [0, 0.05) is 35.4 Å². The van der Waals surface area contributed by atoms with Crippen LogP contribution in [0.3, 0.4) is 0 Å². The zero-order valence-corrected chi connectivity index (χ0v) is 18.5. The van der Waals surface area contributed by atoms with Crippen LogP contribution in [0.5, 0.6) is 0 Å². The molecule has 1 aliphatic rings. The maximum Gasteiger partial charge on any atom is 0.417 e. The minimum absolute atomic E-state index is 0.0537. The third-order valence-corrected chi connectivity index (χ3v) is 6.85. The molecule has 0 aliphatic carbocycles. The second kappa shape index (κ2) is 8.43. The van der Waals surface area contributed by atoms with E-state index in [4.69, 9.17) is 0 Å². The van der Waals surface area contributed by atoms with Crippen molar-refractivity contribution in [1.29, 1.82) is 0 Å². The van der Waals surface area contributed by atoms with E-state index in [9.17, 15) is 18.3 Å². The zero-order valence-electron chi connectivity index (χ0n) is 17.7. The van der Waals surface area contributed by atoms with E-state index < -0.39 is 11.7 Å². The van der Waals surface area contributed by atoms with E-state index in [1.165, 1.54) is 0 Å². The normalized spacial score (nSPS) is 17.3. The Kier molecular flexibility index (Phi) is 5.59. The van der Waals surface area contributed by atoms with Crippen molar-refractivity contribution in [2.75, 3.05) is 18.5 Å². The average molecular weight is 478 g/mol. The number of nitrogens with one attached hydrogen (secondary N) is 2. The molecule has 8 nitrogen and oxygen atoms in total. The van der Waals surface area contributed by atoms with Crippen LogP contribution in [-0.2, 0) is 12.7 Å². The number of hydrogen-bond acceptors (Lipinski definition) is 7. The number of nitrogens with zero attached hydrogens (tertiary/aromatic N) is 5. The van der Waals surface area contributed by atoms with E-state index >= 15 is 0 Å². The van der Waals surface area contributed by atoms with Gasteiger partial charge < -0.3 is 10.4 Å². The van der Waals surface area contributed by atoms with Crippen molar-refractivity contribution in [3.63, 3.8) is 0 Å². The second-order valence-electron chi connectivity index (χ2n) is 8.07. The number of hydrogen-bond donors (Lipinski definition) is 3. The summed E-state index contributed by atoms with van der Waals surface area (Å²) in [4.78, 5) is 11.1. The minimum Gasteiger partial charge on any atom is -0.395 e. The number of rotatable bonds is 6. The molecule has 1 saturated heterocycles. The highest BCUT2D eigenvalue weighted by Crippen LogP contribution is 2.41. The lowest BCUT2D eigenvalue weighted by Crippen LogP contribution is -2.31. The molecule has 1 atom stereocenters. The Labute approximate surface area is 191 Å². The molecule has 1 unspecified atom stereocenters. The summed E-state index contributed by atoms with van der Waals surface area (Å²) in [6.45, 7) is 2.58. The summed E-state index contributed by atoms with van der Waals surface area (Å²) in [6, 6.07) is 1.03. The van der Waals surface area contributed by atoms with Crippen LogP contribution in [0.2, 0.25) is 0 Å². The quantitative estimate of drug-likeness (QED) is 0.385. The first-order valence-corrected chi connectivity index (χ1v) is 11.3.